The Balaban J connectivity index is 1.96. The molecule has 0 N–H and O–H groups in total. The van der Waals surface area contributed by atoms with Gasteiger partial charge in [-0.05, 0) is 86.3 Å². The first-order valence-corrected chi connectivity index (χ1v) is 15.5. The third-order valence-corrected chi connectivity index (χ3v) is 9.38. The number of esters is 1. The van der Waals surface area contributed by atoms with Crippen molar-refractivity contribution in [1.82, 2.24) is 0 Å². The minimum absolute atomic E-state index is 0.0387. The number of benzene rings is 4. The van der Waals surface area contributed by atoms with Crippen molar-refractivity contribution in [2.24, 2.45) is 4.99 Å². The van der Waals surface area contributed by atoms with Crippen LogP contribution in [0.4, 0.5) is 11.4 Å². The number of nitrogens with zero attached hydrogens (tertiary/aromatic N) is 3. The Hall–Kier alpha value is -5.09. The molecular weight excluding hydrogens is 602 g/mol. The molecule has 9 nitrogen and oxygen atoms in total. The molecule has 0 amide bonds. The summed E-state index contributed by atoms with van der Waals surface area (Å²) in [5, 5.41) is 12.1. The van der Waals surface area contributed by atoms with Gasteiger partial charge < -0.3 is 19.1 Å². The van der Waals surface area contributed by atoms with Gasteiger partial charge in [-0.1, -0.05) is 54.2 Å². The summed E-state index contributed by atoms with van der Waals surface area (Å²) in [4.78, 5) is 30.7. The van der Waals surface area contributed by atoms with E-state index in [1.165, 1.54) is 23.9 Å². The third kappa shape index (κ3) is 5.95. The summed E-state index contributed by atoms with van der Waals surface area (Å²) in [5.41, 5.74) is 5.61. The zero-order valence-electron chi connectivity index (χ0n) is 26.6. The van der Waals surface area contributed by atoms with Gasteiger partial charge in [-0.25, -0.2) is 9.79 Å². The second-order valence-electron chi connectivity index (χ2n) is 10.7. The quantitative estimate of drug-likeness (QED) is 0.0789. The molecule has 4 aromatic carbocycles. The molecule has 0 fully saturated rings. The van der Waals surface area contributed by atoms with Gasteiger partial charge in [0.15, 0.2) is 0 Å². The second kappa shape index (κ2) is 13.5. The lowest BCUT2D eigenvalue weighted by atomic mass is 9.92. The minimum Gasteiger partial charge on any atom is -0.497 e. The molecule has 236 valence electrons. The molecule has 0 spiro atoms. The van der Waals surface area contributed by atoms with Gasteiger partial charge in [-0.2, -0.15) is 0 Å². The normalized spacial score (nSPS) is 15.1. The number of carbonyl (C=O) groups excluding carboxylic acids is 1. The van der Waals surface area contributed by atoms with Crippen LogP contribution in [0.25, 0.3) is 0 Å². The van der Waals surface area contributed by atoms with Crippen LogP contribution in [0.15, 0.2) is 107 Å². The molecule has 0 saturated heterocycles. The first-order valence-electron chi connectivity index (χ1n) is 14.7. The van der Waals surface area contributed by atoms with E-state index in [1.807, 2.05) is 80.6 Å². The van der Waals surface area contributed by atoms with E-state index < -0.39 is 15.8 Å². The maximum Gasteiger partial charge on any atom is 0.336 e. The maximum atomic E-state index is 13.2. The standard InChI is InChI=1S/C36H35N3O6S/c1-7-45-35(40)25(4)34-37-33(26-11-17-29(18-12-26)39(41)42)38(32-23(2)9-8-10-24(32)3)36(46-34,27-13-19-30(43-5)20-14-27)28-15-21-31(44-6)22-16-28/h8-22H,7H2,1-6H3/b34-25+. The Labute approximate surface area is 272 Å². The van der Waals surface area contributed by atoms with Gasteiger partial charge in [0, 0.05) is 17.7 Å². The van der Waals surface area contributed by atoms with E-state index in [-0.39, 0.29) is 12.3 Å². The lowest BCUT2D eigenvalue weighted by Gasteiger charge is -2.49. The number of aryl methyl sites for hydroxylation is 2. The first-order chi connectivity index (χ1) is 22.1. The number of amidine groups is 1. The molecule has 1 aliphatic rings. The molecular formula is C36H35N3O6S. The van der Waals surface area contributed by atoms with E-state index >= 15 is 0 Å². The van der Waals surface area contributed by atoms with Crippen LogP contribution >= 0.6 is 11.8 Å². The number of anilines is 1. The monoisotopic (exact) mass is 637 g/mol. The lowest BCUT2D eigenvalue weighted by molar-refractivity contribution is -0.384. The topological polar surface area (TPSA) is 104 Å². The van der Waals surface area contributed by atoms with E-state index in [1.54, 1.807) is 40.2 Å². The van der Waals surface area contributed by atoms with Crippen molar-refractivity contribution in [3.63, 3.8) is 0 Å². The van der Waals surface area contributed by atoms with E-state index in [9.17, 15) is 14.9 Å². The van der Waals surface area contributed by atoms with Crippen molar-refractivity contribution >= 4 is 34.9 Å². The Kier molecular flexibility index (Phi) is 9.48. The predicted octanol–water partition coefficient (Wildman–Crippen LogP) is 7.92. The highest BCUT2D eigenvalue weighted by molar-refractivity contribution is 8.04. The van der Waals surface area contributed by atoms with Crippen LogP contribution in [0.3, 0.4) is 0 Å². The molecule has 0 unspecified atom stereocenters. The fraction of sp³-hybridized carbons (Fsp3) is 0.222. The van der Waals surface area contributed by atoms with Crippen molar-refractivity contribution in [2.75, 3.05) is 25.7 Å². The Morgan fingerprint density at radius 3 is 1.85 bits per heavy atom. The number of thioether (sulfide) groups is 1. The number of hydrogen-bond acceptors (Lipinski definition) is 9. The zero-order chi connectivity index (χ0) is 33.0. The summed E-state index contributed by atoms with van der Waals surface area (Å²) >= 11 is 1.43. The highest BCUT2D eigenvalue weighted by Crippen LogP contribution is 2.56. The molecule has 4 aromatic rings. The number of para-hydroxylation sites is 1. The van der Waals surface area contributed by atoms with Crippen LogP contribution in [-0.2, 0) is 14.4 Å². The Morgan fingerprint density at radius 1 is 0.870 bits per heavy atom. The average Bonchev–Trinajstić information content (AvgIpc) is 3.08. The number of nitro groups is 1. The SMILES string of the molecule is CCOC(=O)/C(C)=C1\N=C(c2ccc([N+](=O)[O-])cc2)N(c2c(C)cccc2C)C(c2ccc(OC)cc2)(c2ccc(OC)cc2)S1. The summed E-state index contributed by atoms with van der Waals surface area (Å²) in [6, 6.07) is 28.1. The second-order valence-corrected chi connectivity index (χ2v) is 11.9. The molecule has 10 heteroatoms. The summed E-state index contributed by atoms with van der Waals surface area (Å²) < 4.78 is 16.5. The largest absolute Gasteiger partial charge is 0.497 e. The number of methoxy groups -OCH3 is 2. The van der Waals surface area contributed by atoms with Gasteiger partial charge in [0.1, 0.15) is 27.2 Å². The molecule has 0 atom stereocenters. The molecule has 1 heterocycles. The Morgan fingerprint density at radius 2 is 1.39 bits per heavy atom. The van der Waals surface area contributed by atoms with E-state index in [0.717, 1.165) is 27.9 Å². The highest BCUT2D eigenvalue weighted by atomic mass is 32.2. The smallest absolute Gasteiger partial charge is 0.336 e. The summed E-state index contributed by atoms with van der Waals surface area (Å²) in [5.74, 6) is 1.42. The number of nitro benzene ring substituents is 1. The van der Waals surface area contributed by atoms with Crippen molar-refractivity contribution in [2.45, 2.75) is 32.6 Å². The maximum absolute atomic E-state index is 13.2. The summed E-state index contributed by atoms with van der Waals surface area (Å²) in [7, 11) is 3.24. The molecule has 1 aliphatic heterocycles. The molecule has 0 radical (unpaired) electrons. The Bertz CT molecular complexity index is 1750. The van der Waals surface area contributed by atoms with Gasteiger partial charge >= 0.3 is 5.97 Å². The molecule has 0 bridgehead atoms. The van der Waals surface area contributed by atoms with Gasteiger partial charge in [-0.3, -0.25) is 10.1 Å². The van der Waals surface area contributed by atoms with Gasteiger partial charge in [0.2, 0.25) is 0 Å². The molecule has 0 aliphatic carbocycles. The summed E-state index contributed by atoms with van der Waals surface area (Å²) in [6.07, 6.45) is 0. The average molecular weight is 638 g/mol. The number of aliphatic imine (C=N–C) groups is 1. The summed E-state index contributed by atoms with van der Waals surface area (Å²) in [6.45, 7) is 7.77. The van der Waals surface area contributed by atoms with E-state index in [0.29, 0.717) is 33.5 Å². The number of non-ortho nitro benzene ring substituents is 1. The fourth-order valence-electron chi connectivity index (χ4n) is 5.51. The van der Waals surface area contributed by atoms with E-state index in [2.05, 4.69) is 4.90 Å². The zero-order valence-corrected chi connectivity index (χ0v) is 27.4. The molecule has 0 saturated carbocycles. The van der Waals surface area contributed by atoms with Crippen molar-refractivity contribution < 1.29 is 23.9 Å². The van der Waals surface area contributed by atoms with Gasteiger partial charge in [0.05, 0.1) is 37.0 Å². The van der Waals surface area contributed by atoms with Crippen LogP contribution in [-0.4, -0.2) is 37.6 Å². The van der Waals surface area contributed by atoms with Crippen molar-refractivity contribution in [3.05, 3.63) is 140 Å². The van der Waals surface area contributed by atoms with Crippen LogP contribution in [0.1, 0.15) is 41.7 Å². The number of hydrogen-bond donors (Lipinski definition) is 0. The minimum atomic E-state index is -1.04. The van der Waals surface area contributed by atoms with Crippen molar-refractivity contribution in [3.8, 4) is 11.5 Å². The first kappa shape index (κ1) is 32.3. The van der Waals surface area contributed by atoms with Crippen molar-refractivity contribution in [1.29, 1.82) is 0 Å². The molecule has 46 heavy (non-hydrogen) atoms. The number of ether oxygens (including phenoxy) is 3. The third-order valence-electron chi connectivity index (χ3n) is 7.84. The number of carbonyl (C=O) groups is 1. The lowest BCUT2D eigenvalue weighted by Crippen LogP contribution is -2.51. The van der Waals surface area contributed by atoms with Crippen LogP contribution in [0.2, 0.25) is 0 Å². The molecule has 0 aromatic heterocycles. The predicted molar refractivity (Wildman–Crippen MR) is 182 cm³/mol. The van der Waals surface area contributed by atoms with Gasteiger partial charge in [-0.15, -0.1) is 0 Å². The highest BCUT2D eigenvalue weighted by Gasteiger charge is 2.49. The van der Waals surface area contributed by atoms with Gasteiger partial charge in [0.25, 0.3) is 5.69 Å². The number of rotatable bonds is 9. The van der Waals surface area contributed by atoms with Crippen LogP contribution in [0.5, 0.6) is 11.5 Å². The molecule has 5 rings (SSSR count). The van der Waals surface area contributed by atoms with Crippen LogP contribution < -0.4 is 14.4 Å². The fourth-order valence-corrected chi connectivity index (χ4v) is 6.94. The van der Waals surface area contributed by atoms with E-state index in [4.69, 9.17) is 19.2 Å². The van der Waals surface area contributed by atoms with Crippen LogP contribution in [0, 0.1) is 24.0 Å².